The van der Waals surface area contributed by atoms with E-state index in [2.05, 4.69) is 26.0 Å². The summed E-state index contributed by atoms with van der Waals surface area (Å²) in [6.45, 7) is 6.38. The van der Waals surface area contributed by atoms with E-state index in [1.54, 1.807) is 0 Å². The van der Waals surface area contributed by atoms with Crippen LogP contribution in [0.15, 0.2) is 12.2 Å². The monoisotopic (exact) mass is 356 g/mol. The molecule has 0 saturated heterocycles. The summed E-state index contributed by atoms with van der Waals surface area (Å²) >= 11 is 0. The van der Waals surface area contributed by atoms with E-state index >= 15 is 0 Å². The third-order valence-electron chi connectivity index (χ3n) is 9.81. The number of carbonyl (C=O) groups excluding carboxylic acids is 1. The number of Topliss-reactive ketones (excluding diaryl/α,β-unsaturated/α-hetero) is 1. The van der Waals surface area contributed by atoms with Gasteiger partial charge in [-0.15, -0.1) is 0 Å². The summed E-state index contributed by atoms with van der Waals surface area (Å²) in [4.78, 5) is 12.6. The SMILES string of the molecule is CC(=O)[C@H]1[C@@H]2C=C[C@@H]2C[C@H]2[C@@H]3CC[C@@H]4C[C@](C)(O)CC[C@@H]4[C@H]3CC[C@@]21C. The van der Waals surface area contributed by atoms with Gasteiger partial charge in [0.2, 0.25) is 0 Å². The minimum absolute atomic E-state index is 0.228. The van der Waals surface area contributed by atoms with Crippen molar-refractivity contribution >= 4 is 5.78 Å². The summed E-state index contributed by atoms with van der Waals surface area (Å²) in [7, 11) is 0. The van der Waals surface area contributed by atoms with Crippen LogP contribution >= 0.6 is 0 Å². The molecule has 0 spiro atoms. The van der Waals surface area contributed by atoms with Gasteiger partial charge in [0.15, 0.2) is 0 Å². The van der Waals surface area contributed by atoms with E-state index in [0.717, 1.165) is 42.4 Å². The quantitative estimate of drug-likeness (QED) is 0.671. The Morgan fingerprint density at radius 2 is 1.77 bits per heavy atom. The molecule has 0 aromatic carbocycles. The predicted octanol–water partition coefficient (Wildman–Crippen LogP) is 5.01. The maximum absolute atomic E-state index is 12.6. The summed E-state index contributed by atoms with van der Waals surface area (Å²) in [5.74, 6) is 5.92. The summed E-state index contributed by atoms with van der Waals surface area (Å²) < 4.78 is 0. The Morgan fingerprint density at radius 3 is 2.46 bits per heavy atom. The van der Waals surface area contributed by atoms with Crippen LogP contribution in [0.25, 0.3) is 0 Å². The fraction of sp³-hybridized carbons (Fsp3) is 0.875. The molecular weight excluding hydrogens is 320 g/mol. The minimum atomic E-state index is -0.425. The van der Waals surface area contributed by atoms with Crippen LogP contribution in [-0.4, -0.2) is 16.5 Å². The highest BCUT2D eigenvalue weighted by molar-refractivity contribution is 5.80. The Bertz CT molecular complexity index is 634. The molecule has 2 heteroatoms. The fourth-order valence-electron chi connectivity index (χ4n) is 8.72. The van der Waals surface area contributed by atoms with Gasteiger partial charge in [-0.05, 0) is 112 Å². The zero-order valence-electron chi connectivity index (χ0n) is 16.8. The van der Waals surface area contributed by atoms with Crippen molar-refractivity contribution in [2.24, 2.45) is 52.8 Å². The largest absolute Gasteiger partial charge is 0.390 e. The normalized spacial score (nSPS) is 57.8. The lowest BCUT2D eigenvalue weighted by molar-refractivity contribution is -0.158. The van der Waals surface area contributed by atoms with Gasteiger partial charge in [0.05, 0.1) is 5.60 Å². The van der Waals surface area contributed by atoms with E-state index in [1.165, 1.54) is 38.5 Å². The van der Waals surface area contributed by atoms with Gasteiger partial charge in [0, 0.05) is 5.92 Å². The average Bonchev–Trinajstić information content (AvgIpc) is 2.54. The van der Waals surface area contributed by atoms with Gasteiger partial charge in [0.1, 0.15) is 5.78 Å². The summed E-state index contributed by atoms with van der Waals surface area (Å²) in [6, 6.07) is 0. The number of ketones is 1. The molecular formula is C24H36O2. The van der Waals surface area contributed by atoms with Gasteiger partial charge in [-0.2, -0.15) is 0 Å². The van der Waals surface area contributed by atoms with E-state index in [-0.39, 0.29) is 11.3 Å². The molecule has 0 unspecified atom stereocenters. The van der Waals surface area contributed by atoms with Crippen LogP contribution in [0.5, 0.6) is 0 Å². The third-order valence-corrected chi connectivity index (χ3v) is 9.81. The smallest absolute Gasteiger partial charge is 0.134 e. The molecule has 0 amide bonds. The van der Waals surface area contributed by atoms with Crippen molar-refractivity contribution < 1.29 is 9.90 Å². The molecule has 5 rings (SSSR count). The molecule has 0 radical (unpaired) electrons. The molecule has 0 heterocycles. The van der Waals surface area contributed by atoms with Gasteiger partial charge in [0.25, 0.3) is 0 Å². The van der Waals surface area contributed by atoms with Gasteiger partial charge in [-0.1, -0.05) is 19.1 Å². The zero-order valence-corrected chi connectivity index (χ0v) is 16.8. The van der Waals surface area contributed by atoms with Crippen LogP contribution in [0.3, 0.4) is 0 Å². The second-order valence-electron chi connectivity index (χ2n) is 11.2. The molecule has 144 valence electrons. The second kappa shape index (κ2) is 5.69. The van der Waals surface area contributed by atoms with Crippen LogP contribution in [0.2, 0.25) is 0 Å². The standard InChI is InChI=1S/C24H36O2/c1-14(25)22-18-6-4-15(18)12-21-20-7-5-16-13-23(2,26)10-8-17(16)19(20)9-11-24(21,22)3/h4,6,15-22,26H,5,7-13H2,1-3H3/t15-,16-,17+,18-,19-,20-,21+,22+,23-,24+/m1/s1. The van der Waals surface area contributed by atoms with Crippen LogP contribution in [0.4, 0.5) is 0 Å². The first-order valence-corrected chi connectivity index (χ1v) is 11.2. The number of fused-ring (bicyclic) bond motifs is 6. The van der Waals surface area contributed by atoms with Gasteiger partial charge in [-0.25, -0.2) is 0 Å². The average molecular weight is 357 g/mol. The molecule has 0 aromatic rings. The lowest BCUT2D eigenvalue weighted by atomic mass is 9.41. The highest BCUT2D eigenvalue weighted by Crippen LogP contribution is 2.66. The molecule has 4 fully saturated rings. The Morgan fingerprint density at radius 1 is 1.00 bits per heavy atom. The number of carbonyl (C=O) groups is 1. The molecule has 4 saturated carbocycles. The maximum atomic E-state index is 12.6. The molecule has 5 aliphatic carbocycles. The van der Waals surface area contributed by atoms with Crippen molar-refractivity contribution in [3.05, 3.63) is 12.2 Å². The summed E-state index contributed by atoms with van der Waals surface area (Å²) in [5.41, 5.74) is -0.197. The minimum Gasteiger partial charge on any atom is -0.390 e. The van der Waals surface area contributed by atoms with Crippen LogP contribution in [-0.2, 0) is 4.79 Å². The number of rotatable bonds is 1. The van der Waals surface area contributed by atoms with E-state index in [9.17, 15) is 9.90 Å². The Labute approximate surface area is 158 Å². The van der Waals surface area contributed by atoms with Gasteiger partial charge in [-0.3, -0.25) is 4.79 Å². The summed E-state index contributed by atoms with van der Waals surface area (Å²) in [5, 5.41) is 10.6. The van der Waals surface area contributed by atoms with E-state index < -0.39 is 5.60 Å². The fourth-order valence-corrected chi connectivity index (χ4v) is 8.72. The number of hydrogen-bond donors (Lipinski definition) is 1. The molecule has 5 aliphatic rings. The topological polar surface area (TPSA) is 37.3 Å². The van der Waals surface area contributed by atoms with Crippen molar-refractivity contribution in [3.63, 3.8) is 0 Å². The van der Waals surface area contributed by atoms with Crippen LogP contribution in [0, 0.1) is 52.8 Å². The van der Waals surface area contributed by atoms with Crippen molar-refractivity contribution in [1.82, 2.24) is 0 Å². The number of hydrogen-bond acceptors (Lipinski definition) is 2. The molecule has 26 heavy (non-hydrogen) atoms. The van der Waals surface area contributed by atoms with Crippen molar-refractivity contribution in [2.75, 3.05) is 0 Å². The Hall–Kier alpha value is -0.630. The molecule has 0 aromatic heterocycles. The first-order chi connectivity index (χ1) is 12.3. The van der Waals surface area contributed by atoms with Crippen molar-refractivity contribution in [2.45, 2.75) is 77.7 Å². The first kappa shape index (κ1) is 17.5. The Kier molecular flexibility index (Phi) is 3.82. The predicted molar refractivity (Wildman–Crippen MR) is 103 cm³/mol. The first-order valence-electron chi connectivity index (χ1n) is 11.2. The number of allylic oxidation sites excluding steroid dienone is 2. The van der Waals surface area contributed by atoms with E-state index in [4.69, 9.17) is 0 Å². The van der Waals surface area contributed by atoms with Gasteiger partial charge < -0.3 is 5.11 Å². The van der Waals surface area contributed by atoms with Gasteiger partial charge >= 0.3 is 0 Å². The molecule has 10 atom stereocenters. The lowest BCUT2D eigenvalue weighted by Crippen LogP contribution is -2.59. The van der Waals surface area contributed by atoms with Crippen molar-refractivity contribution in [3.8, 4) is 0 Å². The van der Waals surface area contributed by atoms with Crippen LogP contribution < -0.4 is 0 Å². The molecule has 0 aliphatic heterocycles. The lowest BCUT2D eigenvalue weighted by Gasteiger charge is -2.63. The van der Waals surface area contributed by atoms with Crippen LogP contribution in [0.1, 0.15) is 72.1 Å². The van der Waals surface area contributed by atoms with E-state index in [1.807, 2.05) is 6.92 Å². The molecule has 2 nitrogen and oxygen atoms in total. The highest BCUT2D eigenvalue weighted by atomic mass is 16.3. The zero-order chi connectivity index (χ0) is 18.3. The molecule has 1 N–H and O–H groups in total. The summed E-state index contributed by atoms with van der Waals surface area (Å²) in [6.07, 6.45) is 14.5. The van der Waals surface area contributed by atoms with Crippen molar-refractivity contribution in [1.29, 1.82) is 0 Å². The number of aliphatic hydroxyl groups is 1. The third kappa shape index (κ3) is 2.36. The Balaban J connectivity index is 1.44. The van der Waals surface area contributed by atoms with E-state index in [0.29, 0.717) is 17.6 Å². The highest BCUT2D eigenvalue weighted by Gasteiger charge is 2.61. The second-order valence-corrected chi connectivity index (χ2v) is 11.2. The molecule has 0 bridgehead atoms. The maximum Gasteiger partial charge on any atom is 0.134 e.